The largest absolute Gasteiger partial charge is 0.481 e. The van der Waals surface area contributed by atoms with Gasteiger partial charge in [-0.25, -0.2) is 0 Å². The monoisotopic (exact) mass is 282 g/mol. The van der Waals surface area contributed by atoms with E-state index in [0.717, 1.165) is 12.8 Å². The number of carbonyl (C=O) groups excluding carboxylic acids is 2. The van der Waals surface area contributed by atoms with Crippen molar-refractivity contribution in [1.82, 2.24) is 10.2 Å². The summed E-state index contributed by atoms with van der Waals surface area (Å²) in [6.45, 7) is 2.14. The van der Waals surface area contributed by atoms with Gasteiger partial charge in [0.1, 0.15) is 6.04 Å². The van der Waals surface area contributed by atoms with Gasteiger partial charge in [-0.15, -0.1) is 0 Å². The van der Waals surface area contributed by atoms with Crippen molar-refractivity contribution < 1.29 is 19.5 Å². The first-order valence-electron chi connectivity index (χ1n) is 7.29. The molecule has 0 bridgehead atoms. The van der Waals surface area contributed by atoms with Crippen molar-refractivity contribution in [2.24, 2.45) is 5.92 Å². The third kappa shape index (κ3) is 3.29. The average Bonchev–Trinajstić information content (AvgIpc) is 2.88. The van der Waals surface area contributed by atoms with Gasteiger partial charge in [0.2, 0.25) is 11.8 Å². The highest BCUT2D eigenvalue weighted by Gasteiger charge is 2.34. The first-order chi connectivity index (χ1) is 9.49. The summed E-state index contributed by atoms with van der Waals surface area (Å²) in [6.07, 6.45) is 4.22. The van der Waals surface area contributed by atoms with Crippen molar-refractivity contribution in [2.75, 3.05) is 6.54 Å². The normalized spacial score (nSPS) is 30.1. The lowest BCUT2D eigenvalue weighted by Crippen LogP contribution is -2.49. The number of amides is 2. The highest BCUT2D eigenvalue weighted by molar-refractivity contribution is 5.87. The van der Waals surface area contributed by atoms with Gasteiger partial charge >= 0.3 is 5.97 Å². The van der Waals surface area contributed by atoms with Crippen LogP contribution >= 0.6 is 0 Å². The molecule has 0 aromatic rings. The number of carbonyl (C=O) groups is 3. The fourth-order valence-corrected chi connectivity index (χ4v) is 3.20. The van der Waals surface area contributed by atoms with E-state index in [9.17, 15) is 14.4 Å². The lowest BCUT2D eigenvalue weighted by Gasteiger charge is -2.29. The van der Waals surface area contributed by atoms with Crippen LogP contribution in [0.25, 0.3) is 0 Å². The minimum Gasteiger partial charge on any atom is -0.481 e. The number of nitrogens with one attached hydrogen (secondary N) is 1. The molecule has 0 aromatic heterocycles. The maximum Gasteiger partial charge on any atom is 0.306 e. The summed E-state index contributed by atoms with van der Waals surface area (Å²) in [5, 5.41) is 11.9. The van der Waals surface area contributed by atoms with Crippen LogP contribution in [0.2, 0.25) is 0 Å². The van der Waals surface area contributed by atoms with Crippen molar-refractivity contribution in [3.05, 3.63) is 0 Å². The molecule has 1 aliphatic carbocycles. The fourth-order valence-electron chi connectivity index (χ4n) is 3.20. The molecule has 20 heavy (non-hydrogen) atoms. The van der Waals surface area contributed by atoms with E-state index < -0.39 is 5.97 Å². The van der Waals surface area contributed by atoms with Gasteiger partial charge in [0.15, 0.2) is 0 Å². The van der Waals surface area contributed by atoms with E-state index in [-0.39, 0.29) is 29.8 Å². The Morgan fingerprint density at radius 2 is 1.75 bits per heavy atom. The highest BCUT2D eigenvalue weighted by atomic mass is 16.4. The molecule has 2 N–H and O–H groups in total. The van der Waals surface area contributed by atoms with Crippen LogP contribution in [-0.4, -0.2) is 46.4 Å². The summed E-state index contributed by atoms with van der Waals surface area (Å²) in [5.74, 6) is -1.16. The Balaban J connectivity index is 1.83. The van der Waals surface area contributed by atoms with Crippen LogP contribution in [0.5, 0.6) is 0 Å². The van der Waals surface area contributed by atoms with Gasteiger partial charge in [0, 0.05) is 19.5 Å². The van der Waals surface area contributed by atoms with Crippen LogP contribution in [0.1, 0.15) is 45.4 Å². The molecule has 2 amide bonds. The van der Waals surface area contributed by atoms with Crippen LogP contribution in [0.4, 0.5) is 0 Å². The lowest BCUT2D eigenvalue weighted by atomic mass is 9.86. The van der Waals surface area contributed by atoms with Crippen LogP contribution < -0.4 is 5.32 Å². The highest BCUT2D eigenvalue weighted by Crippen LogP contribution is 2.25. The van der Waals surface area contributed by atoms with E-state index in [0.29, 0.717) is 32.2 Å². The van der Waals surface area contributed by atoms with Crippen molar-refractivity contribution in [1.29, 1.82) is 0 Å². The second-order valence-corrected chi connectivity index (χ2v) is 5.77. The second-order valence-electron chi connectivity index (χ2n) is 5.77. The van der Waals surface area contributed by atoms with Crippen molar-refractivity contribution >= 4 is 17.8 Å². The molecule has 1 saturated carbocycles. The molecule has 112 valence electrons. The first kappa shape index (κ1) is 14.8. The molecular weight excluding hydrogens is 260 g/mol. The fraction of sp³-hybridized carbons (Fsp3) is 0.786. The Labute approximate surface area is 118 Å². The maximum absolute atomic E-state index is 12.2. The molecule has 0 spiro atoms. The molecule has 1 saturated heterocycles. The van der Waals surface area contributed by atoms with Gasteiger partial charge in [-0.2, -0.15) is 0 Å². The Hall–Kier alpha value is -1.59. The number of carboxylic acids is 1. The average molecular weight is 282 g/mol. The molecule has 1 aliphatic heterocycles. The Morgan fingerprint density at radius 1 is 1.10 bits per heavy atom. The molecule has 1 heterocycles. The maximum atomic E-state index is 12.2. The van der Waals surface area contributed by atoms with E-state index in [1.165, 1.54) is 6.92 Å². The molecule has 6 nitrogen and oxygen atoms in total. The van der Waals surface area contributed by atoms with Gasteiger partial charge in [-0.1, -0.05) is 0 Å². The number of hydrogen-bond acceptors (Lipinski definition) is 3. The SMILES string of the molecule is CC(=O)N1CCC[C@@H]1C(=O)NC1CCC(C(=O)O)CC1. The van der Waals surface area contributed by atoms with Crippen molar-refractivity contribution in [2.45, 2.75) is 57.5 Å². The lowest BCUT2D eigenvalue weighted by molar-refractivity contribution is -0.143. The smallest absolute Gasteiger partial charge is 0.306 e. The van der Waals surface area contributed by atoms with Crippen LogP contribution in [0, 0.1) is 5.92 Å². The van der Waals surface area contributed by atoms with Crippen LogP contribution in [0.3, 0.4) is 0 Å². The predicted molar refractivity (Wildman–Crippen MR) is 71.9 cm³/mol. The molecule has 2 fully saturated rings. The number of aliphatic carboxylic acids is 1. The summed E-state index contributed by atoms with van der Waals surface area (Å²) in [6, 6.07) is -0.294. The van der Waals surface area contributed by atoms with E-state index in [4.69, 9.17) is 5.11 Å². The quantitative estimate of drug-likeness (QED) is 0.800. The standard InChI is InChI=1S/C14H22N2O4/c1-9(17)16-8-2-3-12(16)13(18)15-11-6-4-10(5-7-11)14(19)20/h10-12H,2-8H2,1H3,(H,15,18)(H,19,20)/t10?,11?,12-/m1/s1. The summed E-state index contributed by atoms with van der Waals surface area (Å²) in [4.78, 5) is 36.2. The second kappa shape index (κ2) is 6.24. The molecule has 0 radical (unpaired) electrons. The first-order valence-corrected chi connectivity index (χ1v) is 7.29. The third-order valence-corrected chi connectivity index (χ3v) is 4.38. The Kier molecular flexibility index (Phi) is 4.62. The Bertz CT molecular complexity index is 402. The van der Waals surface area contributed by atoms with E-state index >= 15 is 0 Å². The number of nitrogens with zero attached hydrogens (tertiary/aromatic N) is 1. The summed E-state index contributed by atoms with van der Waals surface area (Å²) >= 11 is 0. The molecular formula is C14H22N2O4. The van der Waals surface area contributed by atoms with Crippen molar-refractivity contribution in [3.8, 4) is 0 Å². The molecule has 2 aliphatic rings. The predicted octanol–water partition coefficient (Wildman–Crippen LogP) is 0.757. The van der Waals surface area contributed by atoms with E-state index in [2.05, 4.69) is 5.32 Å². The zero-order valence-electron chi connectivity index (χ0n) is 11.8. The van der Waals surface area contributed by atoms with Gasteiger partial charge < -0.3 is 15.3 Å². The molecule has 6 heteroatoms. The minimum atomic E-state index is -0.742. The number of hydrogen-bond donors (Lipinski definition) is 2. The van der Waals surface area contributed by atoms with Crippen LogP contribution in [0.15, 0.2) is 0 Å². The molecule has 0 unspecified atom stereocenters. The van der Waals surface area contributed by atoms with Gasteiger partial charge in [-0.3, -0.25) is 14.4 Å². The zero-order valence-corrected chi connectivity index (χ0v) is 11.8. The molecule has 0 aromatic carbocycles. The van der Waals surface area contributed by atoms with Gasteiger partial charge in [-0.05, 0) is 38.5 Å². The summed E-state index contributed by atoms with van der Waals surface area (Å²) in [7, 11) is 0. The van der Waals surface area contributed by atoms with E-state index in [1.54, 1.807) is 4.90 Å². The van der Waals surface area contributed by atoms with E-state index in [1.807, 2.05) is 0 Å². The zero-order chi connectivity index (χ0) is 14.7. The summed E-state index contributed by atoms with van der Waals surface area (Å²) in [5.41, 5.74) is 0. The molecule has 1 atom stereocenters. The summed E-state index contributed by atoms with van der Waals surface area (Å²) < 4.78 is 0. The minimum absolute atomic E-state index is 0.0486. The van der Waals surface area contributed by atoms with Gasteiger partial charge in [0.05, 0.1) is 5.92 Å². The molecule has 2 rings (SSSR count). The number of rotatable bonds is 3. The topological polar surface area (TPSA) is 86.7 Å². The number of carboxylic acid groups (broad SMARTS) is 1. The van der Waals surface area contributed by atoms with Crippen molar-refractivity contribution in [3.63, 3.8) is 0 Å². The third-order valence-electron chi connectivity index (χ3n) is 4.38. The number of likely N-dealkylation sites (tertiary alicyclic amines) is 1. The van der Waals surface area contributed by atoms with Gasteiger partial charge in [0.25, 0.3) is 0 Å². The Morgan fingerprint density at radius 3 is 2.30 bits per heavy atom. The van der Waals surface area contributed by atoms with Crippen LogP contribution in [-0.2, 0) is 14.4 Å².